The van der Waals surface area contributed by atoms with E-state index in [1.54, 1.807) is 25.6 Å². The standard InChI is InChI=1S/C22H25N5O5S/c1-31-17-7-8-18(32-2)20-19(17)24-22(33-20)26-13-11-25(12-14-26)10-9-23-21(28)15-3-5-16(6-4-15)27(29)30/h3-8H,9-14H2,1-2H3,(H,23,28). The number of fused-ring (bicyclic) bond motifs is 1. The summed E-state index contributed by atoms with van der Waals surface area (Å²) in [6.45, 7) is 4.62. The van der Waals surface area contributed by atoms with E-state index < -0.39 is 4.92 Å². The molecular weight excluding hydrogens is 446 g/mol. The van der Waals surface area contributed by atoms with E-state index in [2.05, 4.69) is 15.1 Å². The van der Waals surface area contributed by atoms with Gasteiger partial charge in [0.2, 0.25) is 0 Å². The molecule has 10 nitrogen and oxygen atoms in total. The molecule has 1 N–H and O–H groups in total. The van der Waals surface area contributed by atoms with Gasteiger partial charge in [-0.3, -0.25) is 19.8 Å². The van der Waals surface area contributed by atoms with Crippen LogP contribution in [0, 0.1) is 10.1 Å². The summed E-state index contributed by atoms with van der Waals surface area (Å²) in [5, 5.41) is 14.5. The lowest BCUT2D eigenvalue weighted by Gasteiger charge is -2.34. The van der Waals surface area contributed by atoms with Crippen LogP contribution in [0.15, 0.2) is 36.4 Å². The summed E-state index contributed by atoms with van der Waals surface area (Å²) < 4.78 is 11.9. The summed E-state index contributed by atoms with van der Waals surface area (Å²) >= 11 is 1.60. The second-order valence-corrected chi connectivity index (χ2v) is 8.51. The quantitative estimate of drug-likeness (QED) is 0.395. The third kappa shape index (κ3) is 4.99. The number of carbonyl (C=O) groups is 1. The number of thiazole rings is 1. The van der Waals surface area contributed by atoms with Crippen LogP contribution in [0.4, 0.5) is 10.8 Å². The Morgan fingerprint density at radius 2 is 1.76 bits per heavy atom. The minimum Gasteiger partial charge on any atom is -0.495 e. The lowest BCUT2D eigenvalue weighted by atomic mass is 10.2. The molecule has 2 heterocycles. The predicted octanol–water partition coefficient (Wildman–Crippen LogP) is 2.77. The molecule has 1 amide bonds. The average molecular weight is 472 g/mol. The summed E-state index contributed by atoms with van der Waals surface area (Å²) in [5.41, 5.74) is 1.19. The number of nitrogens with one attached hydrogen (secondary N) is 1. The van der Waals surface area contributed by atoms with Crippen molar-refractivity contribution in [3.05, 3.63) is 52.1 Å². The first-order valence-corrected chi connectivity index (χ1v) is 11.3. The van der Waals surface area contributed by atoms with Gasteiger partial charge in [-0.25, -0.2) is 4.98 Å². The maximum atomic E-state index is 12.3. The van der Waals surface area contributed by atoms with Crippen molar-refractivity contribution in [3.63, 3.8) is 0 Å². The van der Waals surface area contributed by atoms with Crippen LogP contribution < -0.4 is 19.7 Å². The predicted molar refractivity (Wildman–Crippen MR) is 127 cm³/mol. The van der Waals surface area contributed by atoms with Gasteiger partial charge >= 0.3 is 0 Å². The Morgan fingerprint density at radius 1 is 1.09 bits per heavy atom. The summed E-state index contributed by atoms with van der Waals surface area (Å²) in [6, 6.07) is 9.37. The number of amides is 1. The number of aromatic nitrogens is 1. The van der Waals surface area contributed by atoms with Gasteiger partial charge in [0.05, 0.1) is 19.1 Å². The van der Waals surface area contributed by atoms with E-state index in [1.165, 1.54) is 24.3 Å². The molecule has 0 atom stereocenters. The number of carbonyl (C=O) groups excluding carboxylic acids is 1. The van der Waals surface area contributed by atoms with Crippen LogP contribution in [0.5, 0.6) is 11.5 Å². The molecular formula is C22H25N5O5S. The van der Waals surface area contributed by atoms with E-state index in [4.69, 9.17) is 14.5 Å². The zero-order valence-corrected chi connectivity index (χ0v) is 19.3. The molecule has 2 aromatic carbocycles. The molecule has 1 aliphatic rings. The SMILES string of the molecule is COc1ccc(OC)c2sc(N3CCN(CCNC(=O)c4ccc([N+](=O)[O-])cc4)CC3)nc12. The summed E-state index contributed by atoms with van der Waals surface area (Å²) in [7, 11) is 3.29. The second-order valence-electron chi connectivity index (χ2n) is 7.53. The van der Waals surface area contributed by atoms with Crippen LogP contribution in [0.25, 0.3) is 10.2 Å². The van der Waals surface area contributed by atoms with Crippen molar-refractivity contribution >= 4 is 38.3 Å². The molecule has 1 fully saturated rings. The fourth-order valence-electron chi connectivity index (χ4n) is 3.74. The number of nitrogens with zero attached hydrogens (tertiary/aromatic N) is 4. The topological polar surface area (TPSA) is 110 Å². The van der Waals surface area contributed by atoms with E-state index in [9.17, 15) is 14.9 Å². The molecule has 0 spiro atoms. The summed E-state index contributed by atoms with van der Waals surface area (Å²) in [5.74, 6) is 1.29. The molecule has 3 aromatic rings. The van der Waals surface area contributed by atoms with Crippen LogP contribution >= 0.6 is 11.3 Å². The normalized spacial score (nSPS) is 14.3. The molecule has 4 rings (SSSR count). The number of ether oxygens (including phenoxy) is 2. The van der Waals surface area contributed by atoms with Gasteiger partial charge in [0, 0.05) is 57.0 Å². The van der Waals surface area contributed by atoms with Gasteiger partial charge in [-0.15, -0.1) is 0 Å². The first-order chi connectivity index (χ1) is 16.0. The Bertz CT molecular complexity index is 1100. The van der Waals surface area contributed by atoms with Crippen molar-refractivity contribution in [3.8, 4) is 11.5 Å². The lowest BCUT2D eigenvalue weighted by molar-refractivity contribution is -0.384. The number of anilines is 1. The molecule has 0 unspecified atom stereocenters. The molecule has 1 aromatic heterocycles. The molecule has 0 aliphatic carbocycles. The van der Waals surface area contributed by atoms with Gasteiger partial charge in [0.1, 0.15) is 21.7 Å². The van der Waals surface area contributed by atoms with Crippen molar-refractivity contribution in [2.24, 2.45) is 0 Å². The zero-order valence-electron chi connectivity index (χ0n) is 18.4. The van der Waals surface area contributed by atoms with Crippen molar-refractivity contribution in [1.82, 2.24) is 15.2 Å². The largest absolute Gasteiger partial charge is 0.495 e. The van der Waals surface area contributed by atoms with Gasteiger partial charge in [0.15, 0.2) is 5.13 Å². The number of nitro benzene ring substituents is 1. The van der Waals surface area contributed by atoms with Crippen molar-refractivity contribution < 1.29 is 19.2 Å². The number of non-ortho nitro benzene ring substituents is 1. The number of rotatable bonds is 8. The van der Waals surface area contributed by atoms with E-state index in [1.807, 2.05) is 12.1 Å². The van der Waals surface area contributed by atoms with Crippen LogP contribution in [0.1, 0.15) is 10.4 Å². The smallest absolute Gasteiger partial charge is 0.269 e. The van der Waals surface area contributed by atoms with Gasteiger partial charge < -0.3 is 19.7 Å². The number of benzene rings is 2. The second kappa shape index (κ2) is 10.0. The fraction of sp³-hybridized carbons (Fsp3) is 0.364. The van der Waals surface area contributed by atoms with E-state index in [0.29, 0.717) is 12.1 Å². The third-order valence-electron chi connectivity index (χ3n) is 5.60. The van der Waals surface area contributed by atoms with Crippen LogP contribution in [0.3, 0.4) is 0 Å². The summed E-state index contributed by atoms with van der Waals surface area (Å²) in [6.07, 6.45) is 0. The van der Waals surface area contributed by atoms with Gasteiger partial charge in [-0.05, 0) is 24.3 Å². The molecule has 0 saturated carbocycles. The van der Waals surface area contributed by atoms with Crippen molar-refractivity contribution in [2.45, 2.75) is 0 Å². The number of hydrogen-bond donors (Lipinski definition) is 1. The monoisotopic (exact) mass is 471 g/mol. The Labute approximate surface area is 194 Å². The highest BCUT2D eigenvalue weighted by Crippen LogP contribution is 2.40. The Morgan fingerprint density at radius 3 is 2.39 bits per heavy atom. The molecule has 0 bridgehead atoms. The summed E-state index contributed by atoms with van der Waals surface area (Å²) in [4.78, 5) is 31.9. The average Bonchev–Trinajstić information content (AvgIpc) is 3.29. The lowest BCUT2D eigenvalue weighted by Crippen LogP contribution is -2.48. The minimum atomic E-state index is -0.483. The molecule has 0 radical (unpaired) electrons. The highest BCUT2D eigenvalue weighted by Gasteiger charge is 2.22. The molecule has 174 valence electrons. The van der Waals surface area contributed by atoms with Crippen molar-refractivity contribution in [1.29, 1.82) is 0 Å². The van der Waals surface area contributed by atoms with Gasteiger partial charge in [0.25, 0.3) is 11.6 Å². The van der Waals surface area contributed by atoms with Gasteiger partial charge in [-0.2, -0.15) is 0 Å². The molecule has 1 aliphatic heterocycles. The fourth-order valence-corrected chi connectivity index (χ4v) is 4.86. The van der Waals surface area contributed by atoms with Crippen LogP contribution in [-0.2, 0) is 0 Å². The van der Waals surface area contributed by atoms with Crippen LogP contribution in [-0.4, -0.2) is 74.2 Å². The number of piperazine rings is 1. The van der Waals surface area contributed by atoms with E-state index in [0.717, 1.165) is 59.6 Å². The third-order valence-corrected chi connectivity index (χ3v) is 6.73. The maximum Gasteiger partial charge on any atom is 0.269 e. The van der Waals surface area contributed by atoms with Crippen molar-refractivity contribution in [2.75, 3.05) is 58.4 Å². The maximum absolute atomic E-state index is 12.3. The first-order valence-electron chi connectivity index (χ1n) is 10.5. The number of methoxy groups -OCH3 is 2. The molecule has 11 heteroatoms. The number of hydrogen-bond acceptors (Lipinski definition) is 9. The zero-order chi connectivity index (χ0) is 23.4. The highest BCUT2D eigenvalue weighted by atomic mass is 32.1. The first kappa shape index (κ1) is 22.7. The minimum absolute atomic E-state index is 0.0329. The molecule has 33 heavy (non-hydrogen) atoms. The van der Waals surface area contributed by atoms with Gasteiger partial charge in [-0.1, -0.05) is 11.3 Å². The number of nitro groups is 1. The van der Waals surface area contributed by atoms with Crippen LogP contribution in [0.2, 0.25) is 0 Å². The Balaban J connectivity index is 1.28. The molecule has 1 saturated heterocycles. The van der Waals surface area contributed by atoms with E-state index >= 15 is 0 Å². The highest BCUT2D eigenvalue weighted by molar-refractivity contribution is 7.22. The van der Waals surface area contributed by atoms with E-state index in [-0.39, 0.29) is 11.6 Å². The Hall–Kier alpha value is -3.44. The Kier molecular flexibility index (Phi) is 6.90.